The minimum atomic E-state index is -0.970. The van der Waals surface area contributed by atoms with Gasteiger partial charge in [0.2, 0.25) is 0 Å². The van der Waals surface area contributed by atoms with Gasteiger partial charge < -0.3 is 20.2 Å². The van der Waals surface area contributed by atoms with Crippen LogP contribution in [0.25, 0.3) is 0 Å². The van der Waals surface area contributed by atoms with Gasteiger partial charge in [0.05, 0.1) is 17.9 Å². The van der Waals surface area contributed by atoms with Gasteiger partial charge in [0.25, 0.3) is 0 Å². The molecule has 3 N–H and O–H groups in total. The number of nitrogens with zero attached hydrogens (tertiary/aromatic N) is 1. The summed E-state index contributed by atoms with van der Waals surface area (Å²) in [5.74, 6) is -0.152. The number of nitrogens with one attached hydrogen (secondary N) is 2. The van der Waals surface area contributed by atoms with E-state index in [9.17, 15) is 9.59 Å². The Labute approximate surface area is 153 Å². The highest BCUT2D eigenvalue weighted by atomic mass is 16.4. The van der Waals surface area contributed by atoms with E-state index < -0.39 is 5.97 Å². The SMILES string of the molecule is CCN(CC)C(CNC(=O)NCc1ccc(C(=O)O)cc1)c1ccco1. The number of benzene rings is 1. The predicted molar refractivity (Wildman–Crippen MR) is 98.0 cm³/mol. The molecule has 0 aliphatic carbocycles. The van der Waals surface area contributed by atoms with Crippen LogP contribution in [0.2, 0.25) is 0 Å². The highest BCUT2D eigenvalue weighted by molar-refractivity contribution is 5.87. The van der Waals surface area contributed by atoms with E-state index in [2.05, 4.69) is 29.4 Å². The lowest BCUT2D eigenvalue weighted by molar-refractivity contribution is 0.0697. The smallest absolute Gasteiger partial charge is 0.335 e. The van der Waals surface area contributed by atoms with Crippen molar-refractivity contribution in [1.29, 1.82) is 0 Å². The number of hydrogen-bond acceptors (Lipinski definition) is 4. The van der Waals surface area contributed by atoms with Crippen LogP contribution >= 0.6 is 0 Å². The normalized spacial score (nSPS) is 12.0. The van der Waals surface area contributed by atoms with Crippen molar-refractivity contribution in [2.45, 2.75) is 26.4 Å². The second-order valence-electron chi connectivity index (χ2n) is 5.82. The number of rotatable bonds is 9. The fourth-order valence-corrected chi connectivity index (χ4v) is 2.75. The van der Waals surface area contributed by atoms with Gasteiger partial charge in [-0.2, -0.15) is 0 Å². The molecule has 2 aromatic rings. The number of aromatic carboxylic acids is 1. The molecular weight excluding hydrogens is 334 g/mol. The second kappa shape index (κ2) is 9.62. The molecule has 0 bridgehead atoms. The Bertz CT molecular complexity index is 694. The van der Waals surface area contributed by atoms with E-state index in [4.69, 9.17) is 9.52 Å². The van der Waals surface area contributed by atoms with E-state index in [0.29, 0.717) is 13.1 Å². The van der Waals surface area contributed by atoms with E-state index in [0.717, 1.165) is 24.4 Å². The van der Waals surface area contributed by atoms with Crippen molar-refractivity contribution in [2.75, 3.05) is 19.6 Å². The summed E-state index contributed by atoms with van der Waals surface area (Å²) >= 11 is 0. The largest absolute Gasteiger partial charge is 0.478 e. The number of carboxylic acids is 1. The number of carbonyl (C=O) groups excluding carboxylic acids is 1. The van der Waals surface area contributed by atoms with E-state index >= 15 is 0 Å². The first-order valence-electron chi connectivity index (χ1n) is 8.66. The van der Waals surface area contributed by atoms with Gasteiger partial charge in [-0.3, -0.25) is 4.90 Å². The van der Waals surface area contributed by atoms with Crippen LogP contribution in [0, 0.1) is 0 Å². The van der Waals surface area contributed by atoms with Crippen LogP contribution in [-0.4, -0.2) is 41.6 Å². The Morgan fingerprint density at radius 2 is 1.81 bits per heavy atom. The van der Waals surface area contributed by atoms with Crippen LogP contribution in [0.15, 0.2) is 47.1 Å². The van der Waals surface area contributed by atoms with Crippen LogP contribution in [0.4, 0.5) is 4.79 Å². The Kier molecular flexibility index (Phi) is 7.23. The highest BCUT2D eigenvalue weighted by Gasteiger charge is 2.21. The lowest BCUT2D eigenvalue weighted by atomic mass is 10.1. The summed E-state index contributed by atoms with van der Waals surface area (Å²) in [6, 6.07) is 9.85. The van der Waals surface area contributed by atoms with Gasteiger partial charge in [-0.15, -0.1) is 0 Å². The third-order valence-electron chi connectivity index (χ3n) is 4.23. The van der Waals surface area contributed by atoms with Crippen LogP contribution in [-0.2, 0) is 6.54 Å². The number of furan rings is 1. The minimum Gasteiger partial charge on any atom is -0.478 e. The molecule has 1 aromatic heterocycles. The number of hydrogen-bond donors (Lipinski definition) is 3. The van der Waals surface area contributed by atoms with Crippen molar-refractivity contribution in [2.24, 2.45) is 0 Å². The topological polar surface area (TPSA) is 94.8 Å². The van der Waals surface area contributed by atoms with Gasteiger partial charge in [0.15, 0.2) is 0 Å². The van der Waals surface area contributed by atoms with Gasteiger partial charge in [-0.1, -0.05) is 26.0 Å². The molecule has 2 amide bonds. The molecule has 1 heterocycles. The van der Waals surface area contributed by atoms with Crippen molar-refractivity contribution in [1.82, 2.24) is 15.5 Å². The maximum Gasteiger partial charge on any atom is 0.335 e. The summed E-state index contributed by atoms with van der Waals surface area (Å²) in [7, 11) is 0. The van der Waals surface area contributed by atoms with Gasteiger partial charge in [-0.25, -0.2) is 9.59 Å². The monoisotopic (exact) mass is 359 g/mol. The molecule has 1 aromatic carbocycles. The number of carbonyl (C=O) groups is 2. The Morgan fingerprint density at radius 1 is 1.12 bits per heavy atom. The zero-order valence-corrected chi connectivity index (χ0v) is 15.1. The van der Waals surface area contributed by atoms with E-state index in [1.807, 2.05) is 12.1 Å². The molecule has 0 spiro atoms. The third kappa shape index (κ3) is 5.35. The van der Waals surface area contributed by atoms with Crippen LogP contribution in [0.3, 0.4) is 0 Å². The summed E-state index contributed by atoms with van der Waals surface area (Å²) in [5, 5.41) is 14.5. The number of likely N-dealkylation sites (N-methyl/N-ethyl adjacent to an activating group) is 1. The van der Waals surface area contributed by atoms with Gasteiger partial charge in [0.1, 0.15) is 5.76 Å². The molecule has 0 saturated heterocycles. The summed E-state index contributed by atoms with van der Waals surface area (Å²) in [5.41, 5.74) is 1.05. The van der Waals surface area contributed by atoms with Crippen molar-refractivity contribution >= 4 is 12.0 Å². The fourth-order valence-electron chi connectivity index (χ4n) is 2.75. The van der Waals surface area contributed by atoms with Gasteiger partial charge in [-0.05, 0) is 42.9 Å². The zero-order valence-electron chi connectivity index (χ0n) is 15.1. The third-order valence-corrected chi connectivity index (χ3v) is 4.23. The lowest BCUT2D eigenvalue weighted by Crippen LogP contribution is -2.41. The van der Waals surface area contributed by atoms with Crippen molar-refractivity contribution in [3.63, 3.8) is 0 Å². The average molecular weight is 359 g/mol. The van der Waals surface area contributed by atoms with Crippen molar-refractivity contribution in [3.8, 4) is 0 Å². The van der Waals surface area contributed by atoms with Gasteiger partial charge >= 0.3 is 12.0 Å². The molecule has 0 radical (unpaired) electrons. The van der Waals surface area contributed by atoms with Crippen molar-refractivity contribution in [3.05, 3.63) is 59.5 Å². The lowest BCUT2D eigenvalue weighted by Gasteiger charge is -2.28. The van der Waals surface area contributed by atoms with E-state index in [1.54, 1.807) is 18.4 Å². The average Bonchev–Trinajstić information content (AvgIpc) is 3.18. The van der Waals surface area contributed by atoms with Crippen molar-refractivity contribution < 1.29 is 19.1 Å². The second-order valence-corrected chi connectivity index (χ2v) is 5.82. The molecule has 7 heteroatoms. The molecule has 0 fully saturated rings. The molecule has 2 rings (SSSR count). The van der Waals surface area contributed by atoms with Crippen LogP contribution in [0.1, 0.15) is 41.6 Å². The molecule has 1 atom stereocenters. The highest BCUT2D eigenvalue weighted by Crippen LogP contribution is 2.20. The van der Waals surface area contributed by atoms with Gasteiger partial charge in [0, 0.05) is 13.1 Å². The van der Waals surface area contributed by atoms with E-state index in [-0.39, 0.29) is 17.6 Å². The predicted octanol–water partition coefficient (Wildman–Crippen LogP) is 2.86. The standard InChI is InChI=1S/C19H25N3O4/c1-3-22(4-2)16(17-6-5-11-26-17)13-21-19(25)20-12-14-7-9-15(10-8-14)18(23)24/h5-11,16H,3-4,12-13H2,1-2H3,(H,23,24)(H2,20,21,25). The van der Waals surface area contributed by atoms with Crippen LogP contribution < -0.4 is 10.6 Å². The molecule has 7 nitrogen and oxygen atoms in total. The zero-order chi connectivity index (χ0) is 18.9. The molecule has 1 unspecified atom stereocenters. The Hall–Kier alpha value is -2.80. The molecule has 140 valence electrons. The number of amides is 2. The molecule has 0 saturated carbocycles. The fraction of sp³-hybridized carbons (Fsp3) is 0.368. The number of carboxylic acid groups (broad SMARTS) is 1. The summed E-state index contributed by atoms with van der Waals surface area (Å²) in [6.45, 7) is 6.59. The first kappa shape index (κ1) is 19.5. The molecule has 0 aliphatic heterocycles. The van der Waals surface area contributed by atoms with Crippen LogP contribution in [0.5, 0.6) is 0 Å². The van der Waals surface area contributed by atoms with E-state index in [1.165, 1.54) is 12.1 Å². The molecule has 26 heavy (non-hydrogen) atoms. The maximum atomic E-state index is 12.1. The summed E-state index contributed by atoms with van der Waals surface area (Å²) < 4.78 is 5.51. The summed E-state index contributed by atoms with van der Waals surface area (Å²) in [6.07, 6.45) is 1.63. The molecule has 0 aliphatic rings. The molecular formula is C19H25N3O4. The Morgan fingerprint density at radius 3 is 2.35 bits per heavy atom. The first-order chi connectivity index (χ1) is 12.5. The summed E-state index contributed by atoms with van der Waals surface area (Å²) in [4.78, 5) is 25.1. The quantitative estimate of drug-likeness (QED) is 0.640. The maximum absolute atomic E-state index is 12.1. The first-order valence-corrected chi connectivity index (χ1v) is 8.66. The Balaban J connectivity index is 1.86. The minimum absolute atomic E-state index is 0.0272. The number of urea groups is 1.